The standard InChI is InChI=1S/C10H14N4O3/c1-10(2,3)13-9(15)6-4-8(14(16)17)12-5-7(6)11/h4-5H,11H2,1-3H3,(H,13,15). The molecular weight excluding hydrogens is 224 g/mol. The zero-order valence-electron chi connectivity index (χ0n) is 9.85. The maximum Gasteiger partial charge on any atom is 0.364 e. The molecule has 0 saturated heterocycles. The van der Waals surface area contributed by atoms with Crippen LogP contribution in [0.4, 0.5) is 11.5 Å². The van der Waals surface area contributed by atoms with Crippen LogP contribution in [0, 0.1) is 10.1 Å². The van der Waals surface area contributed by atoms with Crippen molar-refractivity contribution in [2.45, 2.75) is 26.3 Å². The highest BCUT2D eigenvalue weighted by molar-refractivity contribution is 5.99. The van der Waals surface area contributed by atoms with Gasteiger partial charge in [0.1, 0.15) is 0 Å². The molecule has 0 unspecified atom stereocenters. The first-order valence-corrected chi connectivity index (χ1v) is 4.93. The number of carbonyl (C=O) groups excluding carboxylic acids is 1. The molecule has 1 aromatic heterocycles. The quantitative estimate of drug-likeness (QED) is 0.592. The summed E-state index contributed by atoms with van der Waals surface area (Å²) in [7, 11) is 0. The lowest BCUT2D eigenvalue weighted by atomic mass is 10.1. The monoisotopic (exact) mass is 238 g/mol. The van der Waals surface area contributed by atoms with Gasteiger partial charge in [-0.15, -0.1) is 0 Å². The summed E-state index contributed by atoms with van der Waals surface area (Å²) in [6.07, 6.45) is 1.11. The van der Waals surface area contributed by atoms with E-state index < -0.39 is 22.2 Å². The van der Waals surface area contributed by atoms with Crippen LogP contribution in [0.25, 0.3) is 0 Å². The fourth-order valence-corrected chi connectivity index (χ4v) is 1.16. The minimum absolute atomic E-state index is 0.0571. The van der Waals surface area contributed by atoms with Gasteiger partial charge >= 0.3 is 5.82 Å². The summed E-state index contributed by atoms with van der Waals surface area (Å²) in [5.41, 5.74) is 5.29. The maximum absolute atomic E-state index is 11.8. The van der Waals surface area contributed by atoms with Gasteiger partial charge in [-0.2, -0.15) is 0 Å². The van der Waals surface area contributed by atoms with Crippen molar-refractivity contribution in [1.82, 2.24) is 10.3 Å². The van der Waals surface area contributed by atoms with Crippen LogP contribution in [0.3, 0.4) is 0 Å². The van der Waals surface area contributed by atoms with Gasteiger partial charge in [-0.3, -0.25) is 4.79 Å². The highest BCUT2D eigenvalue weighted by atomic mass is 16.6. The van der Waals surface area contributed by atoms with Gasteiger partial charge in [0.2, 0.25) is 0 Å². The molecular formula is C10H14N4O3. The number of nitrogens with zero attached hydrogens (tertiary/aromatic N) is 2. The summed E-state index contributed by atoms with van der Waals surface area (Å²) in [4.78, 5) is 25.2. The molecule has 0 aliphatic rings. The van der Waals surface area contributed by atoms with Crippen molar-refractivity contribution >= 4 is 17.4 Å². The van der Waals surface area contributed by atoms with E-state index in [0.717, 1.165) is 12.3 Å². The second-order valence-corrected chi connectivity index (χ2v) is 4.59. The van der Waals surface area contributed by atoms with E-state index in [9.17, 15) is 14.9 Å². The average Bonchev–Trinajstić information content (AvgIpc) is 2.14. The molecule has 0 atom stereocenters. The van der Waals surface area contributed by atoms with E-state index in [1.165, 1.54) is 0 Å². The van der Waals surface area contributed by atoms with Crippen LogP contribution in [0.2, 0.25) is 0 Å². The predicted molar refractivity (Wildman–Crippen MR) is 62.5 cm³/mol. The van der Waals surface area contributed by atoms with E-state index in [-0.39, 0.29) is 11.3 Å². The SMILES string of the molecule is CC(C)(C)NC(=O)c1cc([N+](=O)[O-])ncc1N. The molecule has 7 nitrogen and oxygen atoms in total. The summed E-state index contributed by atoms with van der Waals surface area (Å²) < 4.78 is 0. The largest absolute Gasteiger partial charge is 0.395 e. The van der Waals surface area contributed by atoms with Crippen LogP contribution >= 0.6 is 0 Å². The van der Waals surface area contributed by atoms with Crippen LogP contribution < -0.4 is 11.1 Å². The molecule has 92 valence electrons. The third-order valence-corrected chi connectivity index (χ3v) is 1.84. The first kappa shape index (κ1) is 12.9. The molecule has 1 amide bonds. The van der Waals surface area contributed by atoms with Gasteiger partial charge in [-0.05, 0) is 30.7 Å². The Morgan fingerprint density at radius 3 is 2.59 bits per heavy atom. The average molecular weight is 238 g/mol. The maximum atomic E-state index is 11.8. The highest BCUT2D eigenvalue weighted by Gasteiger charge is 2.20. The van der Waals surface area contributed by atoms with Crippen molar-refractivity contribution in [3.63, 3.8) is 0 Å². The van der Waals surface area contributed by atoms with E-state index in [0.29, 0.717) is 0 Å². The molecule has 0 bridgehead atoms. The Kier molecular flexibility index (Phi) is 3.31. The number of nitrogen functional groups attached to an aromatic ring is 1. The molecule has 0 aromatic carbocycles. The van der Waals surface area contributed by atoms with Gasteiger partial charge in [0, 0.05) is 5.54 Å². The van der Waals surface area contributed by atoms with E-state index in [1.54, 1.807) is 20.8 Å². The van der Waals surface area contributed by atoms with Crippen LogP contribution in [-0.2, 0) is 0 Å². The number of carbonyl (C=O) groups is 1. The number of hydrogen-bond donors (Lipinski definition) is 2. The Hall–Kier alpha value is -2.18. The zero-order valence-corrected chi connectivity index (χ0v) is 9.85. The molecule has 17 heavy (non-hydrogen) atoms. The Morgan fingerprint density at radius 1 is 1.53 bits per heavy atom. The van der Waals surface area contributed by atoms with Crippen LogP contribution in [-0.4, -0.2) is 21.4 Å². The third-order valence-electron chi connectivity index (χ3n) is 1.84. The topological polar surface area (TPSA) is 111 Å². The zero-order chi connectivity index (χ0) is 13.2. The molecule has 0 fully saturated rings. The van der Waals surface area contributed by atoms with E-state index in [4.69, 9.17) is 5.73 Å². The molecule has 0 radical (unpaired) electrons. The molecule has 0 aliphatic carbocycles. The van der Waals surface area contributed by atoms with Crippen LogP contribution in [0.5, 0.6) is 0 Å². The second-order valence-electron chi connectivity index (χ2n) is 4.59. The van der Waals surface area contributed by atoms with E-state index >= 15 is 0 Å². The minimum atomic E-state index is -0.673. The van der Waals surface area contributed by atoms with Crippen molar-refractivity contribution in [2.75, 3.05) is 5.73 Å². The smallest absolute Gasteiger partial charge is 0.364 e. The Bertz CT molecular complexity index is 465. The summed E-state index contributed by atoms with van der Waals surface area (Å²) in [5.74, 6) is -0.862. The van der Waals surface area contributed by atoms with Crippen molar-refractivity contribution in [2.24, 2.45) is 0 Å². The second kappa shape index (κ2) is 4.36. The normalized spacial score (nSPS) is 11.0. The van der Waals surface area contributed by atoms with Gasteiger partial charge in [0.05, 0.1) is 17.3 Å². The Labute approximate surface area is 98.2 Å². The Balaban J connectivity index is 3.08. The lowest BCUT2D eigenvalue weighted by molar-refractivity contribution is -0.389. The molecule has 0 spiro atoms. The van der Waals surface area contributed by atoms with Gasteiger partial charge in [0.15, 0.2) is 6.20 Å². The number of amides is 1. The molecule has 3 N–H and O–H groups in total. The number of pyridine rings is 1. The fraction of sp³-hybridized carbons (Fsp3) is 0.400. The van der Waals surface area contributed by atoms with Gasteiger partial charge in [-0.1, -0.05) is 0 Å². The number of hydrogen-bond acceptors (Lipinski definition) is 5. The molecule has 7 heteroatoms. The molecule has 1 aromatic rings. The molecule has 1 rings (SSSR count). The number of nitro groups is 1. The predicted octanol–water partition coefficient (Wildman–Crippen LogP) is 1.10. The van der Waals surface area contributed by atoms with Crippen LogP contribution in [0.15, 0.2) is 12.3 Å². The number of rotatable bonds is 2. The highest BCUT2D eigenvalue weighted by Crippen LogP contribution is 2.17. The lowest BCUT2D eigenvalue weighted by Crippen LogP contribution is -2.40. The van der Waals surface area contributed by atoms with Crippen molar-refractivity contribution in [3.05, 3.63) is 27.9 Å². The molecule has 0 saturated carbocycles. The summed E-state index contributed by atoms with van der Waals surface area (Å²) in [6.45, 7) is 5.41. The van der Waals surface area contributed by atoms with Gasteiger partial charge in [0.25, 0.3) is 5.91 Å². The first-order valence-electron chi connectivity index (χ1n) is 4.93. The minimum Gasteiger partial charge on any atom is -0.395 e. The number of nitrogens with two attached hydrogens (primary N) is 1. The van der Waals surface area contributed by atoms with Gasteiger partial charge < -0.3 is 21.2 Å². The molecule has 0 aliphatic heterocycles. The van der Waals surface area contributed by atoms with E-state index in [2.05, 4.69) is 10.3 Å². The number of nitrogens with one attached hydrogen (secondary N) is 1. The summed E-state index contributed by atoms with van der Waals surface area (Å²) >= 11 is 0. The third kappa shape index (κ3) is 3.40. The number of aromatic nitrogens is 1. The molecule has 1 heterocycles. The van der Waals surface area contributed by atoms with E-state index in [1.807, 2.05) is 0 Å². The fourth-order valence-electron chi connectivity index (χ4n) is 1.16. The summed E-state index contributed by atoms with van der Waals surface area (Å²) in [6, 6.07) is 1.07. The van der Waals surface area contributed by atoms with Crippen molar-refractivity contribution in [1.29, 1.82) is 0 Å². The first-order chi connectivity index (χ1) is 7.70. The van der Waals surface area contributed by atoms with Gasteiger partial charge in [-0.25, -0.2) is 0 Å². The van der Waals surface area contributed by atoms with Crippen LogP contribution in [0.1, 0.15) is 31.1 Å². The lowest BCUT2D eigenvalue weighted by Gasteiger charge is -2.20. The van der Waals surface area contributed by atoms with Crippen molar-refractivity contribution < 1.29 is 9.72 Å². The number of anilines is 1. The Morgan fingerprint density at radius 2 is 2.12 bits per heavy atom. The van der Waals surface area contributed by atoms with Crippen molar-refractivity contribution in [3.8, 4) is 0 Å². The summed E-state index contributed by atoms with van der Waals surface area (Å²) in [5, 5.41) is 13.2.